The van der Waals surface area contributed by atoms with E-state index in [0.29, 0.717) is 0 Å². The molecule has 6 heterocycles. The number of nitrogens with one attached hydrogen (secondary N) is 3. The van der Waals surface area contributed by atoms with E-state index in [1.807, 2.05) is 91.4 Å². The zero-order valence-electron chi connectivity index (χ0n) is 53.5. The zero-order valence-corrected chi connectivity index (χ0v) is 53.5. The molecule has 9 aromatic rings. The van der Waals surface area contributed by atoms with Crippen LogP contribution in [0.2, 0.25) is 0 Å². The van der Waals surface area contributed by atoms with E-state index in [2.05, 4.69) is 35.7 Å². The molecule has 0 aliphatic rings. The molecule has 0 bridgehead atoms. The molecule has 0 aliphatic carbocycles. The monoisotopic (exact) mass is 1230 g/mol. The van der Waals surface area contributed by atoms with E-state index in [0.717, 1.165) is 125 Å². The fraction of sp³-hybridized carbons (Fsp3) is 0.480. The van der Waals surface area contributed by atoms with Gasteiger partial charge in [0.1, 0.15) is 37.1 Å². The van der Waals surface area contributed by atoms with Gasteiger partial charge in [-0.2, -0.15) is 0 Å². The summed E-state index contributed by atoms with van der Waals surface area (Å²) in [4.78, 5) is 46.5. The number of benzene rings is 3. The molecular formula is C75H99N3O12. The summed E-state index contributed by atoms with van der Waals surface area (Å²) < 4.78 is 17.3. The number of aromatic amines is 3. The van der Waals surface area contributed by atoms with Crippen molar-refractivity contribution in [2.24, 2.45) is 0 Å². The van der Waals surface area contributed by atoms with Gasteiger partial charge in [-0.15, -0.1) is 0 Å². The van der Waals surface area contributed by atoms with Crippen molar-refractivity contribution in [3.8, 4) is 17.2 Å². The minimum atomic E-state index is -0.514. The quantitative estimate of drug-likeness (QED) is 0.0166. The Kier molecular flexibility index (Phi) is 29.1. The van der Waals surface area contributed by atoms with E-state index in [1.165, 1.54) is 116 Å². The maximum atomic E-state index is 12.3. The van der Waals surface area contributed by atoms with Crippen molar-refractivity contribution >= 4 is 32.7 Å². The van der Waals surface area contributed by atoms with Gasteiger partial charge in [-0.05, 0) is 54.2 Å². The van der Waals surface area contributed by atoms with Crippen LogP contribution in [0.1, 0.15) is 263 Å². The third kappa shape index (κ3) is 19.7. The van der Waals surface area contributed by atoms with Crippen molar-refractivity contribution in [2.45, 2.75) is 232 Å². The fourth-order valence-electron chi connectivity index (χ4n) is 12.5. The summed E-state index contributed by atoms with van der Waals surface area (Å²) in [5.74, 6) is -0.555. The average molecular weight is 1230 g/mol. The van der Waals surface area contributed by atoms with Gasteiger partial charge in [0.15, 0.2) is 17.3 Å². The van der Waals surface area contributed by atoms with Crippen LogP contribution in [-0.4, -0.2) is 45.6 Å². The molecule has 9 N–H and O–H groups in total. The summed E-state index contributed by atoms with van der Waals surface area (Å²) in [6.45, 7) is 5.56. The summed E-state index contributed by atoms with van der Waals surface area (Å²) in [6.07, 6.45) is 37.2. The summed E-state index contributed by atoms with van der Waals surface area (Å²) in [6, 6.07) is 27.4. The number of aliphatic hydroxyl groups excluding tert-OH is 3. The molecule has 15 heteroatoms. The number of rotatable bonds is 36. The lowest BCUT2D eigenvalue weighted by atomic mass is 9.89. The van der Waals surface area contributed by atoms with Gasteiger partial charge < -0.3 is 58.8 Å². The molecule has 0 saturated heterocycles. The third-order valence-corrected chi connectivity index (χ3v) is 17.4. The second kappa shape index (κ2) is 37.5. The normalized spacial score (nSPS) is 12.5. The number of aromatic nitrogens is 3. The number of aliphatic hydroxyl groups is 3. The lowest BCUT2D eigenvalue weighted by molar-refractivity contribution is 0.232. The van der Waals surface area contributed by atoms with Crippen LogP contribution in [0.25, 0.3) is 32.7 Å². The van der Waals surface area contributed by atoms with Gasteiger partial charge in [-0.1, -0.05) is 229 Å². The van der Waals surface area contributed by atoms with Crippen LogP contribution in [0.15, 0.2) is 137 Å². The highest BCUT2D eigenvalue weighted by Crippen LogP contribution is 2.41. The number of unbranched alkanes of at least 4 members (excludes halogenated alkanes) is 21. The molecule has 486 valence electrons. The Bertz CT molecular complexity index is 3730. The maximum Gasteiger partial charge on any atom is 0.227 e. The molecular weight excluding hydrogens is 1130 g/mol. The molecule has 3 unspecified atom stereocenters. The van der Waals surface area contributed by atoms with E-state index in [-0.39, 0.29) is 89.4 Å². The van der Waals surface area contributed by atoms with Gasteiger partial charge in [0.25, 0.3) is 0 Å². The van der Waals surface area contributed by atoms with E-state index in [9.17, 15) is 45.0 Å². The highest BCUT2D eigenvalue weighted by molar-refractivity contribution is 5.86. The molecule has 0 amide bonds. The van der Waals surface area contributed by atoms with Gasteiger partial charge in [-0.25, -0.2) is 0 Å². The lowest BCUT2D eigenvalue weighted by Gasteiger charge is -2.17. The Hall–Kier alpha value is -7.59. The van der Waals surface area contributed by atoms with Crippen LogP contribution in [0.4, 0.5) is 0 Å². The fourth-order valence-corrected chi connectivity index (χ4v) is 12.5. The predicted octanol–water partition coefficient (Wildman–Crippen LogP) is 17.9. The predicted molar refractivity (Wildman–Crippen MR) is 360 cm³/mol. The second-order valence-electron chi connectivity index (χ2n) is 24.2. The van der Waals surface area contributed by atoms with Crippen molar-refractivity contribution in [2.75, 3.05) is 0 Å². The molecule has 90 heavy (non-hydrogen) atoms. The summed E-state index contributed by atoms with van der Waals surface area (Å²) in [5.41, 5.74) is 4.49. The Balaban J connectivity index is 0.000000192. The smallest absolute Gasteiger partial charge is 0.227 e. The van der Waals surface area contributed by atoms with Crippen LogP contribution in [-0.2, 0) is 19.8 Å². The van der Waals surface area contributed by atoms with Crippen LogP contribution in [0, 0.1) is 0 Å². The van der Waals surface area contributed by atoms with Crippen molar-refractivity contribution in [3.63, 3.8) is 0 Å². The van der Waals surface area contributed by atoms with Gasteiger partial charge in [-0.3, -0.25) is 14.4 Å². The van der Waals surface area contributed by atoms with E-state index < -0.39 is 16.3 Å². The van der Waals surface area contributed by atoms with Crippen molar-refractivity contribution < 1.29 is 43.9 Å². The van der Waals surface area contributed by atoms with Crippen LogP contribution >= 0.6 is 0 Å². The van der Waals surface area contributed by atoms with Crippen LogP contribution in [0.5, 0.6) is 17.2 Å². The van der Waals surface area contributed by atoms with E-state index >= 15 is 0 Å². The number of fused-ring (bicyclic) bond motifs is 3. The van der Waals surface area contributed by atoms with Gasteiger partial charge in [0, 0.05) is 87.3 Å². The first-order valence-electron chi connectivity index (χ1n) is 33.5. The van der Waals surface area contributed by atoms with Gasteiger partial charge >= 0.3 is 0 Å². The molecule has 3 atom stereocenters. The Morgan fingerprint density at radius 1 is 0.344 bits per heavy atom. The van der Waals surface area contributed by atoms with Gasteiger partial charge in [0.2, 0.25) is 33.5 Å². The average Bonchev–Trinajstić information content (AvgIpc) is 1.66. The first kappa shape index (κ1) is 69.9. The maximum absolute atomic E-state index is 12.3. The minimum absolute atomic E-state index is 0.173. The number of hydrogen-bond donors (Lipinski definition) is 9. The van der Waals surface area contributed by atoms with Crippen molar-refractivity contribution in [1.29, 1.82) is 0 Å². The summed E-state index contributed by atoms with van der Waals surface area (Å²) in [5, 5.41) is 63.0. The minimum Gasteiger partial charge on any atom is -0.502 e. The highest BCUT2D eigenvalue weighted by atomic mass is 16.4. The molecule has 6 aromatic heterocycles. The zero-order chi connectivity index (χ0) is 64.0. The lowest BCUT2D eigenvalue weighted by Crippen LogP contribution is -2.10. The number of H-pyrrole nitrogens is 3. The molecule has 0 saturated carbocycles. The van der Waals surface area contributed by atoms with Crippen molar-refractivity contribution in [1.82, 2.24) is 15.0 Å². The SMILES string of the molecule is CCCCCCCCCC(c1oc(CO)cc(=O)c1O)c1c[nH]c2ccccc12.CCCCCCCCCCC(c1oc(CO)cc(=O)c1O)c1c[nH]c2ccccc12.CCCCCCCCCCCC(c1oc(CO)cc(=O)c1O)c1c[nH]c2ccccc12. The largest absolute Gasteiger partial charge is 0.502 e. The molecule has 0 aliphatic heterocycles. The Morgan fingerprint density at radius 3 is 0.822 bits per heavy atom. The first-order chi connectivity index (χ1) is 44.0. The number of aromatic hydroxyl groups is 3. The van der Waals surface area contributed by atoms with Crippen molar-refractivity contribution in [3.05, 3.63) is 192 Å². The number of para-hydroxylation sites is 3. The first-order valence-corrected chi connectivity index (χ1v) is 33.5. The topological polar surface area (TPSA) is 259 Å². The highest BCUT2D eigenvalue weighted by Gasteiger charge is 2.29. The second-order valence-corrected chi connectivity index (χ2v) is 24.2. The van der Waals surface area contributed by atoms with Crippen LogP contribution in [0.3, 0.4) is 0 Å². The molecule has 0 fully saturated rings. The van der Waals surface area contributed by atoms with E-state index in [1.54, 1.807) is 0 Å². The Labute approximate surface area is 529 Å². The van der Waals surface area contributed by atoms with Gasteiger partial charge in [0.05, 0.1) is 0 Å². The standard InChI is InChI=1S/C26H35NO4.C25H33NO4.C24H31NO4/c1-2-3-4-5-6-7-8-9-10-14-21(22-17-27-23-15-12-11-13-20(22)23)26-25(30)24(29)16-19(18-28)31-26;1-2-3-4-5-6-7-8-9-13-20(21-16-26-22-14-11-10-12-19(21)22)25-24(29)23(28)15-18(17-27)30-25;1-2-3-4-5-6-7-8-12-19(20-15-25-21-13-10-9-11-18(20)21)24-23(28)22(27)14-17(16-26)29-24/h11-13,15-17,21,27-28,30H,2-10,14,18H2,1H3;10-12,14-16,20,26-27,29H,2-9,13,17H2,1H3;9-11,13-15,19,25-26,28H,2-8,12,16H2,1H3. The molecule has 0 spiro atoms. The Morgan fingerprint density at radius 2 is 0.578 bits per heavy atom. The third-order valence-electron chi connectivity index (χ3n) is 17.4. The molecule has 3 aromatic carbocycles. The molecule has 0 radical (unpaired) electrons. The number of hydrogen-bond acceptors (Lipinski definition) is 12. The van der Waals surface area contributed by atoms with Crippen LogP contribution < -0.4 is 16.3 Å². The molecule has 9 rings (SSSR count). The summed E-state index contributed by atoms with van der Waals surface area (Å²) >= 11 is 0. The molecule has 15 nitrogen and oxygen atoms in total. The summed E-state index contributed by atoms with van der Waals surface area (Å²) in [7, 11) is 0. The van der Waals surface area contributed by atoms with E-state index in [4.69, 9.17) is 13.3 Å².